The second kappa shape index (κ2) is 13.6. The molecule has 0 spiro atoms. The number of hydrogen-bond donors (Lipinski definition) is 0. The van der Waals surface area contributed by atoms with E-state index in [1.54, 1.807) is 41.5 Å². The Morgan fingerprint density at radius 3 is 1.00 bits per heavy atom. The summed E-state index contributed by atoms with van der Waals surface area (Å²) in [5, 5.41) is 0. The van der Waals surface area contributed by atoms with Gasteiger partial charge in [0.05, 0.1) is 0 Å². The van der Waals surface area contributed by atoms with Crippen molar-refractivity contribution >= 4 is 23.1 Å². The minimum absolute atomic E-state index is 0. The fourth-order valence-electron chi connectivity index (χ4n) is 2.31. The zero-order valence-electron chi connectivity index (χ0n) is 19.1. The molecule has 156 valence electrons. The van der Waals surface area contributed by atoms with Crippen LogP contribution in [0.5, 0.6) is 0 Å². The van der Waals surface area contributed by atoms with Crippen LogP contribution in [0.15, 0.2) is 0 Å². The molecule has 0 saturated heterocycles. The molecule has 4 nitrogen and oxygen atoms in total. The quantitative estimate of drug-likeness (QED) is 0.402. The zero-order valence-corrected chi connectivity index (χ0v) is 20.7. The molecular weight excluding hydrogens is 376 g/mol. The van der Waals surface area contributed by atoms with Gasteiger partial charge in [0.25, 0.3) is 0 Å². The van der Waals surface area contributed by atoms with Gasteiger partial charge in [-0.2, -0.15) is 0 Å². The first-order valence-electron chi connectivity index (χ1n) is 9.78. The van der Waals surface area contributed by atoms with Gasteiger partial charge in [-0.3, -0.25) is 19.2 Å². The van der Waals surface area contributed by atoms with Gasteiger partial charge in [0.15, 0.2) is 0 Å². The van der Waals surface area contributed by atoms with E-state index in [9.17, 15) is 19.2 Å². The van der Waals surface area contributed by atoms with Crippen molar-refractivity contribution in [3.8, 4) is 0 Å². The fourth-order valence-corrected chi connectivity index (χ4v) is 2.31. The molecule has 0 heterocycles. The Labute approximate surface area is 181 Å². The third kappa shape index (κ3) is 12.5. The van der Waals surface area contributed by atoms with Gasteiger partial charge >= 0.3 is 0 Å². The van der Waals surface area contributed by atoms with Gasteiger partial charge in [0.1, 0.15) is 0 Å². The van der Waals surface area contributed by atoms with Crippen LogP contribution in [0, 0.1) is 22.7 Å². The summed E-state index contributed by atoms with van der Waals surface area (Å²) in [5.41, 5.74) is -1.06. The number of hydrogen-bond acceptors (Lipinski definition) is 4. The maximum absolute atomic E-state index is 11.5. The number of carbonyl (C=O) groups is 4. The van der Waals surface area contributed by atoms with Crippen LogP contribution in [0.3, 0.4) is 0 Å². The second-order valence-corrected chi connectivity index (χ2v) is 9.27. The number of carbonyl (C=O) groups excluding carboxylic acids is 4. The molecule has 0 fully saturated rings. The van der Waals surface area contributed by atoms with Gasteiger partial charge in [0.2, 0.25) is 23.1 Å². The van der Waals surface area contributed by atoms with E-state index in [2.05, 4.69) is 0 Å². The van der Waals surface area contributed by atoms with Crippen molar-refractivity contribution in [2.45, 2.75) is 94.9 Å². The molecule has 0 amide bonds. The Hall–Kier alpha value is -0.606. The van der Waals surface area contributed by atoms with Gasteiger partial charge in [-0.1, -0.05) is 82.1 Å². The molecule has 2 unspecified atom stereocenters. The van der Waals surface area contributed by atoms with E-state index in [0.29, 0.717) is 0 Å². The van der Waals surface area contributed by atoms with Crippen molar-refractivity contribution in [2.75, 3.05) is 0 Å². The van der Waals surface area contributed by atoms with Crippen LogP contribution in [0.2, 0.25) is 0 Å². The van der Waals surface area contributed by atoms with E-state index in [-0.39, 0.29) is 56.7 Å². The Balaban J connectivity index is -0.000000411. The van der Waals surface area contributed by atoms with E-state index in [4.69, 9.17) is 0 Å². The Morgan fingerprint density at radius 2 is 0.852 bits per heavy atom. The van der Waals surface area contributed by atoms with Crippen LogP contribution < -0.4 is 0 Å². The van der Waals surface area contributed by atoms with E-state index in [1.807, 2.05) is 27.7 Å². The fraction of sp³-hybridized carbons (Fsp3) is 0.818. The Kier molecular flexibility index (Phi) is 15.6. The summed E-state index contributed by atoms with van der Waals surface area (Å²) in [5.74, 6) is -1.14. The molecule has 2 atom stereocenters. The molecule has 0 aromatic heterocycles. The molecule has 0 aliphatic carbocycles. The van der Waals surface area contributed by atoms with E-state index >= 15 is 0 Å². The number of Topliss-reactive ketones (excluding diaryl/α,β-unsaturated/α-hetero) is 4. The van der Waals surface area contributed by atoms with Crippen LogP contribution in [-0.2, 0) is 40.9 Å². The molecule has 5 heteroatoms. The first-order valence-corrected chi connectivity index (χ1v) is 9.78. The van der Waals surface area contributed by atoms with Crippen LogP contribution in [0.1, 0.15) is 94.9 Å². The largest absolute Gasteiger partial charge is 0.291 e. The first-order chi connectivity index (χ1) is 11.6. The van der Waals surface area contributed by atoms with Crippen LogP contribution in [0.4, 0.5) is 0 Å². The third-order valence-electron chi connectivity index (χ3n) is 4.15. The van der Waals surface area contributed by atoms with Crippen molar-refractivity contribution < 1.29 is 40.9 Å². The molecule has 27 heavy (non-hydrogen) atoms. The van der Waals surface area contributed by atoms with Crippen molar-refractivity contribution in [2.24, 2.45) is 22.7 Å². The standard InChI is InChI=1S/2C11H20O2.Ti/c2*1-6-7-8(2)9(12)10(13)11(3,4)5;/h2*8H,6-7H2,1-5H3;. The second-order valence-electron chi connectivity index (χ2n) is 9.27. The van der Waals surface area contributed by atoms with E-state index in [1.165, 1.54) is 0 Å². The average molecular weight is 416 g/mol. The summed E-state index contributed by atoms with van der Waals surface area (Å²) >= 11 is 0. The third-order valence-corrected chi connectivity index (χ3v) is 4.15. The molecule has 0 aromatic carbocycles. The maximum atomic E-state index is 11.5. The van der Waals surface area contributed by atoms with Crippen LogP contribution >= 0.6 is 0 Å². The number of ketones is 4. The molecular formula is C22H40O4Ti. The SMILES string of the molecule is CCCC(C)C(=O)C(=O)C(C)(C)C.CCCC(C)C(=O)C(=O)C(C)(C)C.[Ti]. The Morgan fingerprint density at radius 1 is 0.630 bits per heavy atom. The summed E-state index contributed by atoms with van der Waals surface area (Å²) in [6.45, 7) is 18.4. The van der Waals surface area contributed by atoms with Gasteiger partial charge in [-0.15, -0.1) is 0 Å². The molecule has 0 N–H and O–H groups in total. The minimum Gasteiger partial charge on any atom is -0.291 e. The van der Waals surface area contributed by atoms with Crippen LogP contribution in [0.25, 0.3) is 0 Å². The smallest absolute Gasteiger partial charge is 0.203 e. The first kappa shape index (κ1) is 31.1. The predicted octanol–water partition coefficient (Wildman–Crippen LogP) is 5.21. The van der Waals surface area contributed by atoms with Gasteiger partial charge in [-0.25, -0.2) is 0 Å². The zero-order chi connectivity index (χ0) is 21.3. The van der Waals surface area contributed by atoms with Gasteiger partial charge in [0, 0.05) is 44.4 Å². The van der Waals surface area contributed by atoms with Crippen molar-refractivity contribution in [3.05, 3.63) is 0 Å². The molecule has 0 aliphatic rings. The molecule has 0 bridgehead atoms. The predicted molar refractivity (Wildman–Crippen MR) is 107 cm³/mol. The molecule has 0 saturated carbocycles. The van der Waals surface area contributed by atoms with E-state index < -0.39 is 10.8 Å². The summed E-state index contributed by atoms with van der Waals surface area (Å²) in [6, 6.07) is 0. The van der Waals surface area contributed by atoms with Crippen molar-refractivity contribution in [1.29, 1.82) is 0 Å². The summed E-state index contributed by atoms with van der Waals surface area (Å²) < 4.78 is 0. The van der Waals surface area contributed by atoms with Crippen molar-refractivity contribution in [3.63, 3.8) is 0 Å². The summed E-state index contributed by atoms with van der Waals surface area (Å²) in [4.78, 5) is 46.1. The average Bonchev–Trinajstić information content (AvgIpc) is 2.51. The topological polar surface area (TPSA) is 68.3 Å². The summed E-state index contributed by atoms with van der Waals surface area (Å²) in [7, 11) is 0. The normalized spacial score (nSPS) is 13.4. The van der Waals surface area contributed by atoms with Gasteiger partial charge < -0.3 is 0 Å². The van der Waals surface area contributed by atoms with Gasteiger partial charge in [-0.05, 0) is 12.8 Å². The van der Waals surface area contributed by atoms with E-state index in [0.717, 1.165) is 25.7 Å². The molecule has 0 aliphatic heterocycles. The molecule has 0 aromatic rings. The van der Waals surface area contributed by atoms with Crippen LogP contribution in [-0.4, -0.2) is 23.1 Å². The molecule has 0 radical (unpaired) electrons. The summed E-state index contributed by atoms with van der Waals surface area (Å²) in [6.07, 6.45) is 3.51. The van der Waals surface area contributed by atoms with Crippen molar-refractivity contribution in [1.82, 2.24) is 0 Å². The molecule has 0 rings (SSSR count). The Bertz CT molecular complexity index is 449. The number of rotatable bonds is 8. The maximum Gasteiger partial charge on any atom is 0.203 e. The monoisotopic (exact) mass is 416 g/mol. The minimum atomic E-state index is -0.529.